The summed E-state index contributed by atoms with van der Waals surface area (Å²) >= 11 is 0. The standard InChI is InChI=1S/C22H30N6O/c1-16-13-19(14-24-21(16)28-10-4-3-5-17(28)2)26-22(29)27-11-7-18(8-12-27)20-6-9-23-15-25-20/h6,9,13-15,17-18H,3-5,7-8,10-12H2,1-2H3,(H,26,29)/t17-/m0/s1. The predicted octanol–water partition coefficient (Wildman–Crippen LogP) is 3.97. The topological polar surface area (TPSA) is 74.2 Å². The van der Waals surface area contributed by atoms with E-state index in [1.807, 2.05) is 17.0 Å². The number of likely N-dealkylation sites (tertiary alicyclic amines) is 1. The summed E-state index contributed by atoms with van der Waals surface area (Å²) in [5.74, 6) is 1.44. The van der Waals surface area contributed by atoms with Crippen molar-refractivity contribution in [2.75, 3.05) is 29.9 Å². The summed E-state index contributed by atoms with van der Waals surface area (Å²) in [7, 11) is 0. The Hall–Kier alpha value is -2.70. The number of hydrogen-bond donors (Lipinski definition) is 1. The van der Waals surface area contributed by atoms with Gasteiger partial charge < -0.3 is 15.1 Å². The van der Waals surface area contributed by atoms with Gasteiger partial charge in [0.05, 0.1) is 11.9 Å². The van der Waals surface area contributed by atoms with Crippen molar-refractivity contribution in [1.82, 2.24) is 19.9 Å². The molecule has 154 valence electrons. The largest absolute Gasteiger partial charge is 0.354 e. The van der Waals surface area contributed by atoms with Gasteiger partial charge in [-0.3, -0.25) is 0 Å². The van der Waals surface area contributed by atoms with Gasteiger partial charge >= 0.3 is 6.03 Å². The van der Waals surface area contributed by atoms with Crippen molar-refractivity contribution in [2.24, 2.45) is 0 Å². The van der Waals surface area contributed by atoms with E-state index in [-0.39, 0.29) is 6.03 Å². The third-order valence-electron chi connectivity index (χ3n) is 6.18. The number of nitrogens with one attached hydrogen (secondary N) is 1. The van der Waals surface area contributed by atoms with Crippen molar-refractivity contribution in [2.45, 2.75) is 57.9 Å². The van der Waals surface area contributed by atoms with E-state index in [0.717, 1.165) is 55.2 Å². The zero-order chi connectivity index (χ0) is 20.2. The van der Waals surface area contributed by atoms with Crippen molar-refractivity contribution in [3.63, 3.8) is 0 Å². The molecule has 0 aliphatic carbocycles. The molecule has 7 heteroatoms. The molecular weight excluding hydrogens is 364 g/mol. The lowest BCUT2D eigenvalue weighted by atomic mass is 9.93. The summed E-state index contributed by atoms with van der Waals surface area (Å²) < 4.78 is 0. The van der Waals surface area contributed by atoms with Gasteiger partial charge in [-0.1, -0.05) is 0 Å². The van der Waals surface area contributed by atoms with Crippen LogP contribution in [0.5, 0.6) is 0 Å². The second kappa shape index (κ2) is 8.76. The molecule has 2 fully saturated rings. The first kappa shape index (κ1) is 19.6. The first-order chi connectivity index (χ1) is 14.1. The highest BCUT2D eigenvalue weighted by Crippen LogP contribution is 2.28. The minimum Gasteiger partial charge on any atom is -0.354 e. The van der Waals surface area contributed by atoms with E-state index in [4.69, 9.17) is 0 Å². The van der Waals surface area contributed by atoms with Gasteiger partial charge in [-0.2, -0.15) is 0 Å². The minimum atomic E-state index is -0.0496. The summed E-state index contributed by atoms with van der Waals surface area (Å²) in [6.45, 7) is 6.86. The summed E-state index contributed by atoms with van der Waals surface area (Å²) in [5.41, 5.74) is 2.94. The van der Waals surface area contributed by atoms with Gasteiger partial charge in [0, 0.05) is 43.5 Å². The number of aromatic nitrogens is 3. The maximum atomic E-state index is 12.7. The van der Waals surface area contributed by atoms with Crippen molar-refractivity contribution in [1.29, 1.82) is 0 Å². The van der Waals surface area contributed by atoms with Gasteiger partial charge in [0.1, 0.15) is 12.1 Å². The number of nitrogens with zero attached hydrogens (tertiary/aromatic N) is 5. The van der Waals surface area contributed by atoms with Crippen LogP contribution in [0.25, 0.3) is 0 Å². The Kier molecular flexibility index (Phi) is 5.92. The number of rotatable bonds is 3. The van der Waals surface area contributed by atoms with E-state index in [2.05, 4.69) is 39.0 Å². The van der Waals surface area contributed by atoms with Crippen LogP contribution in [0.4, 0.5) is 16.3 Å². The molecule has 4 heterocycles. The van der Waals surface area contributed by atoms with Crippen LogP contribution in [-0.4, -0.2) is 51.6 Å². The molecule has 2 aliphatic heterocycles. The number of pyridine rings is 1. The molecule has 4 rings (SSSR count). The normalized spacial score (nSPS) is 20.6. The Morgan fingerprint density at radius 3 is 2.66 bits per heavy atom. The third kappa shape index (κ3) is 4.49. The Labute approximate surface area is 172 Å². The lowest BCUT2D eigenvalue weighted by molar-refractivity contribution is 0.194. The Morgan fingerprint density at radius 1 is 1.14 bits per heavy atom. The second-order valence-electron chi connectivity index (χ2n) is 8.23. The van der Waals surface area contributed by atoms with E-state index in [1.165, 1.54) is 19.3 Å². The van der Waals surface area contributed by atoms with E-state index in [9.17, 15) is 4.79 Å². The quantitative estimate of drug-likeness (QED) is 0.853. The van der Waals surface area contributed by atoms with E-state index < -0.39 is 0 Å². The molecule has 1 N–H and O–H groups in total. The molecule has 0 unspecified atom stereocenters. The number of aryl methyl sites for hydroxylation is 1. The number of hydrogen-bond acceptors (Lipinski definition) is 5. The number of anilines is 2. The second-order valence-corrected chi connectivity index (χ2v) is 8.23. The van der Waals surface area contributed by atoms with Crippen LogP contribution in [0.15, 0.2) is 30.9 Å². The fraction of sp³-hybridized carbons (Fsp3) is 0.545. The maximum Gasteiger partial charge on any atom is 0.321 e. The van der Waals surface area contributed by atoms with Crippen molar-refractivity contribution in [3.05, 3.63) is 42.1 Å². The van der Waals surface area contributed by atoms with Crippen LogP contribution in [-0.2, 0) is 0 Å². The van der Waals surface area contributed by atoms with Crippen LogP contribution >= 0.6 is 0 Å². The molecule has 7 nitrogen and oxygen atoms in total. The third-order valence-corrected chi connectivity index (χ3v) is 6.18. The molecule has 2 saturated heterocycles. The first-order valence-electron chi connectivity index (χ1n) is 10.7. The van der Waals surface area contributed by atoms with Crippen LogP contribution < -0.4 is 10.2 Å². The summed E-state index contributed by atoms with van der Waals surface area (Å²) in [4.78, 5) is 30.0. The lowest BCUT2D eigenvalue weighted by Crippen LogP contribution is -2.41. The fourth-order valence-corrected chi connectivity index (χ4v) is 4.47. The summed E-state index contributed by atoms with van der Waals surface area (Å²) in [5, 5.41) is 3.03. The number of carbonyl (C=O) groups is 1. The Morgan fingerprint density at radius 2 is 1.97 bits per heavy atom. The molecule has 2 aromatic rings. The van der Waals surface area contributed by atoms with Gasteiger partial charge in [-0.15, -0.1) is 0 Å². The van der Waals surface area contributed by atoms with Crippen molar-refractivity contribution < 1.29 is 4.79 Å². The Bertz CT molecular complexity index is 834. The molecule has 0 saturated carbocycles. The smallest absolute Gasteiger partial charge is 0.321 e. The summed E-state index contributed by atoms with van der Waals surface area (Å²) in [6.07, 6.45) is 10.7. The molecule has 0 bridgehead atoms. The predicted molar refractivity (Wildman–Crippen MR) is 114 cm³/mol. The SMILES string of the molecule is Cc1cc(NC(=O)N2CCC(c3ccncn3)CC2)cnc1N1CCCC[C@@H]1C. The van der Waals surface area contributed by atoms with E-state index in [1.54, 1.807) is 18.7 Å². The average molecular weight is 395 g/mol. The number of carbonyl (C=O) groups excluding carboxylic acids is 1. The van der Waals surface area contributed by atoms with Gasteiger partial charge in [0.25, 0.3) is 0 Å². The number of amides is 2. The van der Waals surface area contributed by atoms with Crippen LogP contribution in [0, 0.1) is 6.92 Å². The highest BCUT2D eigenvalue weighted by molar-refractivity contribution is 5.89. The van der Waals surface area contributed by atoms with Crippen LogP contribution in [0.2, 0.25) is 0 Å². The molecule has 2 aliphatic rings. The number of piperidine rings is 2. The average Bonchev–Trinajstić information content (AvgIpc) is 2.75. The highest BCUT2D eigenvalue weighted by atomic mass is 16.2. The van der Waals surface area contributed by atoms with Crippen molar-refractivity contribution in [3.8, 4) is 0 Å². The summed E-state index contributed by atoms with van der Waals surface area (Å²) in [6, 6.07) is 4.48. The highest BCUT2D eigenvalue weighted by Gasteiger charge is 2.25. The zero-order valence-corrected chi connectivity index (χ0v) is 17.3. The van der Waals surface area contributed by atoms with E-state index >= 15 is 0 Å². The molecule has 0 radical (unpaired) electrons. The maximum absolute atomic E-state index is 12.7. The zero-order valence-electron chi connectivity index (χ0n) is 17.3. The first-order valence-corrected chi connectivity index (χ1v) is 10.7. The van der Waals surface area contributed by atoms with Crippen LogP contribution in [0.3, 0.4) is 0 Å². The lowest BCUT2D eigenvalue weighted by Gasteiger charge is -2.35. The monoisotopic (exact) mass is 394 g/mol. The van der Waals surface area contributed by atoms with Crippen molar-refractivity contribution >= 4 is 17.5 Å². The molecule has 1 atom stereocenters. The van der Waals surface area contributed by atoms with Gasteiger partial charge in [-0.05, 0) is 63.6 Å². The minimum absolute atomic E-state index is 0.0496. The molecule has 29 heavy (non-hydrogen) atoms. The number of urea groups is 1. The molecule has 2 amide bonds. The fourth-order valence-electron chi connectivity index (χ4n) is 4.47. The van der Waals surface area contributed by atoms with E-state index in [0.29, 0.717) is 12.0 Å². The Balaban J connectivity index is 1.35. The molecular formula is C22H30N6O. The molecule has 0 aromatic carbocycles. The van der Waals surface area contributed by atoms with Gasteiger partial charge in [-0.25, -0.2) is 19.7 Å². The molecule has 2 aromatic heterocycles. The van der Waals surface area contributed by atoms with Crippen LogP contribution in [0.1, 0.15) is 56.2 Å². The van der Waals surface area contributed by atoms with Gasteiger partial charge in [0.15, 0.2) is 0 Å². The van der Waals surface area contributed by atoms with Gasteiger partial charge in [0.2, 0.25) is 0 Å². The molecule has 0 spiro atoms.